The van der Waals surface area contributed by atoms with Crippen molar-refractivity contribution in [2.24, 2.45) is 0 Å². The minimum atomic E-state index is -0.966. The van der Waals surface area contributed by atoms with Crippen LogP contribution < -0.4 is 4.74 Å². The van der Waals surface area contributed by atoms with Crippen LogP contribution in [0.2, 0.25) is 0 Å². The number of carbonyl (C=O) groups is 1. The lowest BCUT2D eigenvalue weighted by Gasteiger charge is -2.47. The van der Waals surface area contributed by atoms with Crippen molar-refractivity contribution < 1.29 is 14.6 Å². The second kappa shape index (κ2) is 8.11. The average molecular weight is 368 g/mol. The fraction of sp³-hybridized carbons (Fsp3) is 0.409. The van der Waals surface area contributed by atoms with Crippen molar-refractivity contribution in [3.8, 4) is 5.75 Å². The maximum atomic E-state index is 12.9. The highest BCUT2D eigenvalue weighted by Crippen LogP contribution is 2.35. The zero-order chi connectivity index (χ0) is 19.4. The number of carbonyl (C=O) groups excluding carboxylic acids is 1. The number of piperidine rings is 1. The summed E-state index contributed by atoms with van der Waals surface area (Å²) in [6.07, 6.45) is 0.811. The minimum Gasteiger partial charge on any atom is -0.496 e. The molecule has 1 heterocycles. The fourth-order valence-corrected chi connectivity index (χ4v) is 3.93. The third-order valence-electron chi connectivity index (χ3n) is 5.49. The summed E-state index contributed by atoms with van der Waals surface area (Å²) >= 11 is 0. The summed E-state index contributed by atoms with van der Waals surface area (Å²) in [4.78, 5) is 16.8. The van der Waals surface area contributed by atoms with Crippen molar-refractivity contribution in [3.63, 3.8) is 0 Å². The van der Waals surface area contributed by atoms with E-state index in [1.54, 1.807) is 7.11 Å². The van der Waals surface area contributed by atoms with Gasteiger partial charge in [-0.2, -0.15) is 0 Å². The average Bonchev–Trinajstić information content (AvgIpc) is 2.69. The van der Waals surface area contributed by atoms with Gasteiger partial charge in [0.25, 0.3) is 0 Å². The summed E-state index contributed by atoms with van der Waals surface area (Å²) in [5.41, 5.74) is 0.822. The Balaban J connectivity index is 1.77. The molecule has 1 fully saturated rings. The number of likely N-dealkylation sites (N-methyl/N-ethyl adjacent to an activating group) is 1. The number of aliphatic hydroxyl groups is 1. The Morgan fingerprint density at radius 1 is 1.19 bits per heavy atom. The Morgan fingerprint density at radius 2 is 1.85 bits per heavy atom. The van der Waals surface area contributed by atoms with Crippen molar-refractivity contribution in [1.82, 2.24) is 9.80 Å². The van der Waals surface area contributed by atoms with E-state index in [0.717, 1.165) is 16.9 Å². The van der Waals surface area contributed by atoms with Gasteiger partial charge in [0.2, 0.25) is 5.91 Å². The van der Waals surface area contributed by atoms with Crippen LogP contribution in [0.5, 0.6) is 5.75 Å². The lowest BCUT2D eigenvalue weighted by molar-refractivity contribution is -0.141. The van der Waals surface area contributed by atoms with Gasteiger partial charge in [0.15, 0.2) is 0 Å². The van der Waals surface area contributed by atoms with E-state index in [4.69, 9.17) is 4.74 Å². The molecule has 144 valence electrons. The number of hydrogen-bond acceptors (Lipinski definition) is 4. The lowest BCUT2D eigenvalue weighted by atomic mass is 9.79. The van der Waals surface area contributed by atoms with E-state index >= 15 is 0 Å². The number of likely N-dealkylation sites (tertiary alicyclic amines) is 1. The highest BCUT2D eigenvalue weighted by Gasteiger charge is 2.44. The third-order valence-corrected chi connectivity index (χ3v) is 5.49. The predicted octanol–water partition coefficient (Wildman–Crippen LogP) is 2.29. The molecule has 0 radical (unpaired) electrons. The van der Waals surface area contributed by atoms with Gasteiger partial charge >= 0.3 is 0 Å². The molecule has 0 bridgehead atoms. The van der Waals surface area contributed by atoms with Gasteiger partial charge in [0.05, 0.1) is 19.6 Å². The van der Waals surface area contributed by atoms with Crippen LogP contribution in [0.4, 0.5) is 0 Å². The number of hydrogen-bond donors (Lipinski definition) is 1. The highest BCUT2D eigenvalue weighted by molar-refractivity contribution is 5.79. The molecule has 0 aromatic heterocycles. The number of ether oxygens (including phenoxy) is 1. The first-order valence-electron chi connectivity index (χ1n) is 9.29. The normalized spacial score (nSPS) is 22.7. The Kier molecular flexibility index (Phi) is 5.82. The van der Waals surface area contributed by atoms with Crippen LogP contribution in [0, 0.1) is 0 Å². The number of rotatable bonds is 5. The van der Waals surface area contributed by atoms with Gasteiger partial charge in [-0.25, -0.2) is 0 Å². The van der Waals surface area contributed by atoms with Crippen LogP contribution >= 0.6 is 0 Å². The lowest BCUT2D eigenvalue weighted by Crippen LogP contribution is -2.60. The summed E-state index contributed by atoms with van der Waals surface area (Å²) < 4.78 is 5.36. The Hall–Kier alpha value is -2.37. The molecule has 27 heavy (non-hydrogen) atoms. The first-order chi connectivity index (χ1) is 13.0. The second-order valence-corrected chi connectivity index (χ2v) is 7.35. The monoisotopic (exact) mass is 368 g/mol. The van der Waals surface area contributed by atoms with E-state index in [1.165, 1.54) is 0 Å². The Morgan fingerprint density at radius 3 is 2.52 bits per heavy atom. The van der Waals surface area contributed by atoms with Crippen LogP contribution in [-0.2, 0) is 16.8 Å². The molecule has 0 unspecified atom stereocenters. The van der Waals surface area contributed by atoms with Crippen molar-refractivity contribution in [1.29, 1.82) is 0 Å². The van der Waals surface area contributed by atoms with Gasteiger partial charge in [-0.3, -0.25) is 4.79 Å². The minimum absolute atomic E-state index is 0.0569. The molecular formula is C22H28N2O3. The molecule has 0 aliphatic carbocycles. The standard InChI is InChI=1S/C22H28N2O3/c1-23(2)20-16-24(14-13-22(20,26)18-10-5-4-6-11-18)21(25)15-17-9-7-8-12-19(17)27-3/h4-12,20,26H,13-16H2,1-3H3/t20-,22+/m1/s1. The van der Waals surface area contributed by atoms with Crippen LogP contribution in [0.25, 0.3) is 0 Å². The molecule has 2 aromatic rings. The van der Waals surface area contributed by atoms with E-state index in [1.807, 2.05) is 78.5 Å². The summed E-state index contributed by atoms with van der Waals surface area (Å²) in [6.45, 7) is 1.02. The second-order valence-electron chi connectivity index (χ2n) is 7.35. The molecule has 1 N–H and O–H groups in total. The van der Waals surface area contributed by atoms with E-state index in [2.05, 4.69) is 0 Å². The number of amides is 1. The van der Waals surface area contributed by atoms with Gasteiger partial charge in [-0.15, -0.1) is 0 Å². The molecule has 1 aliphatic heterocycles. The smallest absolute Gasteiger partial charge is 0.227 e. The molecule has 3 rings (SSSR count). The predicted molar refractivity (Wildman–Crippen MR) is 106 cm³/mol. The van der Waals surface area contributed by atoms with Crippen molar-refractivity contribution >= 4 is 5.91 Å². The quantitative estimate of drug-likeness (QED) is 0.880. The number of para-hydroxylation sites is 1. The first-order valence-corrected chi connectivity index (χ1v) is 9.29. The molecule has 5 nitrogen and oxygen atoms in total. The molecule has 2 atom stereocenters. The van der Waals surface area contributed by atoms with Gasteiger partial charge in [-0.1, -0.05) is 48.5 Å². The van der Waals surface area contributed by atoms with Crippen LogP contribution in [0.15, 0.2) is 54.6 Å². The molecule has 1 amide bonds. The molecule has 0 spiro atoms. The number of methoxy groups -OCH3 is 1. The van der Waals surface area contributed by atoms with Crippen molar-refractivity contribution in [2.75, 3.05) is 34.3 Å². The van der Waals surface area contributed by atoms with Crippen LogP contribution in [0.1, 0.15) is 17.5 Å². The largest absolute Gasteiger partial charge is 0.496 e. The zero-order valence-electron chi connectivity index (χ0n) is 16.3. The van der Waals surface area contributed by atoms with Crippen LogP contribution in [-0.4, -0.2) is 61.2 Å². The number of nitrogens with zero attached hydrogens (tertiary/aromatic N) is 2. The Labute approximate surface area is 161 Å². The molecule has 5 heteroatoms. The van der Waals surface area contributed by atoms with E-state index in [9.17, 15) is 9.90 Å². The maximum absolute atomic E-state index is 12.9. The summed E-state index contributed by atoms with van der Waals surface area (Å²) in [7, 11) is 5.52. The SMILES string of the molecule is COc1ccccc1CC(=O)N1CC[C@](O)(c2ccccc2)[C@H](N(C)C)C1. The zero-order valence-corrected chi connectivity index (χ0v) is 16.3. The summed E-state index contributed by atoms with van der Waals surface area (Å²) in [5, 5.41) is 11.4. The molecule has 2 aromatic carbocycles. The third kappa shape index (κ3) is 3.99. The van der Waals surface area contributed by atoms with E-state index < -0.39 is 5.60 Å². The molecule has 1 aliphatic rings. The van der Waals surface area contributed by atoms with Gasteiger partial charge in [0.1, 0.15) is 11.4 Å². The fourth-order valence-electron chi connectivity index (χ4n) is 3.93. The molecular weight excluding hydrogens is 340 g/mol. The van der Waals surface area contributed by atoms with Crippen LogP contribution in [0.3, 0.4) is 0 Å². The first kappa shape index (κ1) is 19.4. The number of benzene rings is 2. The van der Waals surface area contributed by atoms with Gasteiger partial charge in [0, 0.05) is 18.7 Å². The highest BCUT2D eigenvalue weighted by atomic mass is 16.5. The van der Waals surface area contributed by atoms with Crippen molar-refractivity contribution in [3.05, 3.63) is 65.7 Å². The van der Waals surface area contributed by atoms with E-state index in [-0.39, 0.29) is 11.9 Å². The molecule has 1 saturated heterocycles. The van der Waals surface area contributed by atoms with E-state index in [0.29, 0.717) is 25.9 Å². The maximum Gasteiger partial charge on any atom is 0.227 e. The topological polar surface area (TPSA) is 53.0 Å². The summed E-state index contributed by atoms with van der Waals surface area (Å²) in [6, 6.07) is 17.2. The van der Waals surface area contributed by atoms with Gasteiger partial charge in [-0.05, 0) is 32.1 Å². The Bertz CT molecular complexity index is 778. The van der Waals surface area contributed by atoms with Gasteiger partial charge < -0.3 is 19.6 Å². The summed E-state index contributed by atoms with van der Waals surface area (Å²) in [5.74, 6) is 0.786. The molecule has 0 saturated carbocycles. The van der Waals surface area contributed by atoms with Crippen molar-refractivity contribution in [2.45, 2.75) is 24.5 Å².